The molecule has 0 aliphatic carbocycles. The number of rotatable bonds is 7. The highest BCUT2D eigenvalue weighted by atomic mass is 35.5. The van der Waals surface area contributed by atoms with Gasteiger partial charge in [0.1, 0.15) is 11.8 Å². The maximum Gasteiger partial charge on any atom is 0.330 e. The van der Waals surface area contributed by atoms with Gasteiger partial charge in [-0.3, -0.25) is 4.68 Å². The molecule has 1 aromatic rings. The van der Waals surface area contributed by atoms with Crippen LogP contribution in [0.25, 0.3) is 0 Å². The number of aliphatic hydroxyl groups excluding tert-OH is 1. The number of halogens is 5. The molecule has 1 rings (SSSR count). The second kappa shape index (κ2) is 6.73. The van der Waals surface area contributed by atoms with E-state index in [4.69, 9.17) is 11.6 Å². The van der Waals surface area contributed by atoms with E-state index >= 15 is 0 Å². The zero-order valence-corrected chi connectivity index (χ0v) is 11.7. The summed E-state index contributed by atoms with van der Waals surface area (Å²) in [5.41, 5.74) is 1.15. The van der Waals surface area contributed by atoms with E-state index in [2.05, 4.69) is 9.84 Å². The van der Waals surface area contributed by atoms with Crippen LogP contribution in [-0.2, 0) is 18.2 Å². The van der Waals surface area contributed by atoms with E-state index in [0.717, 1.165) is 0 Å². The lowest BCUT2D eigenvalue weighted by Gasteiger charge is -2.17. The van der Waals surface area contributed by atoms with Gasteiger partial charge in [0.05, 0.1) is 18.4 Å². The maximum absolute atomic E-state index is 12.6. The van der Waals surface area contributed by atoms with Crippen molar-refractivity contribution < 1.29 is 27.4 Å². The van der Waals surface area contributed by atoms with Crippen LogP contribution < -0.4 is 0 Å². The number of hydrogen-bond acceptors (Lipinski definition) is 3. The molecule has 1 heterocycles. The zero-order chi connectivity index (χ0) is 15.5. The van der Waals surface area contributed by atoms with Crippen molar-refractivity contribution in [1.82, 2.24) is 9.78 Å². The Morgan fingerprint density at radius 1 is 1.45 bits per heavy atom. The molecule has 1 atom stereocenters. The lowest BCUT2D eigenvalue weighted by molar-refractivity contribution is -0.170. The molecule has 1 unspecified atom stereocenters. The highest BCUT2D eigenvalue weighted by Gasteiger charge is 2.41. The van der Waals surface area contributed by atoms with Crippen molar-refractivity contribution in [1.29, 1.82) is 0 Å². The summed E-state index contributed by atoms with van der Waals surface area (Å²) in [6.45, 7) is -0.256. The molecule has 0 amide bonds. The molecule has 0 radical (unpaired) electrons. The van der Waals surface area contributed by atoms with Gasteiger partial charge >= 0.3 is 12.3 Å². The Morgan fingerprint density at radius 2 is 2.05 bits per heavy atom. The number of aromatic nitrogens is 2. The number of hydrogen-bond donors (Lipinski definition) is 1. The first-order chi connectivity index (χ1) is 9.15. The Morgan fingerprint density at radius 3 is 2.50 bits per heavy atom. The van der Waals surface area contributed by atoms with Crippen molar-refractivity contribution in [3.05, 3.63) is 16.4 Å². The van der Waals surface area contributed by atoms with Gasteiger partial charge in [-0.2, -0.15) is 13.9 Å². The second-order valence-corrected chi connectivity index (χ2v) is 4.77. The Kier molecular flexibility index (Phi) is 5.79. The summed E-state index contributed by atoms with van der Waals surface area (Å²) < 4.78 is 54.7. The smallest absolute Gasteiger partial charge is 0.330 e. The summed E-state index contributed by atoms with van der Waals surface area (Å²) in [5, 5.41) is 14.0. The molecule has 0 saturated carbocycles. The first-order valence-corrected chi connectivity index (χ1v) is 6.12. The van der Waals surface area contributed by atoms with Crippen molar-refractivity contribution in [3.8, 4) is 0 Å². The molecule has 0 bridgehead atoms. The van der Waals surface area contributed by atoms with E-state index in [9.17, 15) is 22.7 Å². The zero-order valence-electron chi connectivity index (χ0n) is 10.9. The van der Waals surface area contributed by atoms with Crippen LogP contribution in [0.5, 0.6) is 0 Å². The van der Waals surface area contributed by atoms with E-state index in [1.165, 1.54) is 4.68 Å². The minimum atomic E-state index is -4.22. The summed E-state index contributed by atoms with van der Waals surface area (Å²) >= 11 is 5.94. The average molecular weight is 319 g/mol. The molecule has 116 valence electrons. The van der Waals surface area contributed by atoms with Gasteiger partial charge in [0.25, 0.3) is 0 Å². The molecule has 9 heteroatoms. The lowest BCUT2D eigenvalue weighted by Crippen LogP contribution is -2.34. The third kappa shape index (κ3) is 4.32. The van der Waals surface area contributed by atoms with Gasteiger partial charge < -0.3 is 9.84 Å². The first kappa shape index (κ1) is 17.2. The summed E-state index contributed by atoms with van der Waals surface area (Å²) in [6.07, 6.45) is -4.89. The normalized spacial score (nSPS) is 14.1. The summed E-state index contributed by atoms with van der Waals surface area (Å²) in [6, 6.07) is 0. The molecule has 0 aliphatic rings. The predicted octanol–water partition coefficient (Wildman–Crippen LogP) is 2.20. The van der Waals surface area contributed by atoms with E-state index < -0.39 is 31.7 Å². The molecular weight excluding hydrogens is 304 g/mol. The minimum absolute atomic E-state index is 0.0404. The van der Waals surface area contributed by atoms with Crippen LogP contribution in [0, 0.1) is 6.92 Å². The number of aliphatic hydroxyl groups is 1. The van der Waals surface area contributed by atoms with Crippen molar-refractivity contribution in [2.75, 3.05) is 13.2 Å². The van der Waals surface area contributed by atoms with Gasteiger partial charge in [-0.1, -0.05) is 11.6 Å². The number of nitrogens with zero attached hydrogens (tertiary/aromatic N) is 2. The van der Waals surface area contributed by atoms with E-state index in [-0.39, 0.29) is 6.42 Å². The van der Waals surface area contributed by atoms with Crippen LogP contribution in [0.2, 0.25) is 5.15 Å². The van der Waals surface area contributed by atoms with Crippen LogP contribution in [0.4, 0.5) is 17.6 Å². The molecule has 1 aromatic heterocycles. The number of aryl methyl sites for hydroxylation is 2. The molecule has 0 fully saturated rings. The van der Waals surface area contributed by atoms with Crippen molar-refractivity contribution in [3.63, 3.8) is 0 Å². The molecule has 0 spiro atoms. The van der Waals surface area contributed by atoms with Crippen molar-refractivity contribution in [2.45, 2.75) is 31.8 Å². The monoisotopic (exact) mass is 318 g/mol. The van der Waals surface area contributed by atoms with E-state index in [1.807, 2.05) is 0 Å². The summed E-state index contributed by atoms with van der Waals surface area (Å²) in [5.74, 6) is -4.22. The topological polar surface area (TPSA) is 47.3 Å². The highest BCUT2D eigenvalue weighted by Crippen LogP contribution is 2.23. The average Bonchev–Trinajstić information content (AvgIpc) is 2.55. The molecule has 4 nitrogen and oxygen atoms in total. The summed E-state index contributed by atoms with van der Waals surface area (Å²) in [7, 11) is 1.62. The van der Waals surface area contributed by atoms with Crippen LogP contribution in [0.15, 0.2) is 0 Å². The van der Waals surface area contributed by atoms with Crippen molar-refractivity contribution >= 4 is 11.6 Å². The molecule has 0 saturated heterocycles. The van der Waals surface area contributed by atoms with E-state index in [0.29, 0.717) is 16.4 Å². The third-order valence-electron chi connectivity index (χ3n) is 2.63. The van der Waals surface area contributed by atoms with Crippen LogP contribution in [0.1, 0.15) is 11.3 Å². The molecular formula is C11H15ClF4N2O2. The van der Waals surface area contributed by atoms with Gasteiger partial charge in [-0.15, -0.1) is 0 Å². The number of alkyl halides is 4. The molecule has 0 aromatic carbocycles. The summed E-state index contributed by atoms with van der Waals surface area (Å²) in [4.78, 5) is 0. The third-order valence-corrected chi connectivity index (χ3v) is 3.11. The van der Waals surface area contributed by atoms with E-state index in [1.54, 1.807) is 14.0 Å². The molecule has 1 N–H and O–H groups in total. The SMILES string of the molecule is Cc1nn(C)c(Cl)c1CC(O)COCC(F)(F)C(F)F. The Balaban J connectivity index is 2.47. The van der Waals surface area contributed by atoms with Crippen molar-refractivity contribution in [2.24, 2.45) is 7.05 Å². The van der Waals surface area contributed by atoms with Gasteiger partial charge in [-0.05, 0) is 6.92 Å². The van der Waals surface area contributed by atoms with Gasteiger partial charge in [0, 0.05) is 19.0 Å². The van der Waals surface area contributed by atoms with Crippen LogP contribution >= 0.6 is 11.6 Å². The van der Waals surface area contributed by atoms with Gasteiger partial charge in [-0.25, -0.2) is 8.78 Å². The first-order valence-electron chi connectivity index (χ1n) is 5.75. The maximum atomic E-state index is 12.6. The minimum Gasteiger partial charge on any atom is -0.390 e. The Labute approximate surface area is 118 Å². The largest absolute Gasteiger partial charge is 0.390 e. The van der Waals surface area contributed by atoms with Crippen LogP contribution in [0.3, 0.4) is 0 Å². The lowest BCUT2D eigenvalue weighted by atomic mass is 10.1. The fourth-order valence-corrected chi connectivity index (χ4v) is 1.85. The standard InChI is InChI=1S/C11H15ClF4N2O2/c1-6-8(9(12)18(2)17-6)3-7(19)4-20-5-11(15,16)10(13)14/h7,10,19H,3-5H2,1-2H3. The van der Waals surface area contributed by atoms with Crippen LogP contribution in [-0.4, -0.2) is 46.6 Å². The second-order valence-electron chi connectivity index (χ2n) is 4.41. The molecule has 0 aliphatic heterocycles. The Bertz CT molecular complexity index is 454. The molecule has 20 heavy (non-hydrogen) atoms. The van der Waals surface area contributed by atoms with Gasteiger partial charge in [0.2, 0.25) is 0 Å². The number of ether oxygens (including phenoxy) is 1. The fraction of sp³-hybridized carbons (Fsp3) is 0.727. The fourth-order valence-electron chi connectivity index (χ4n) is 1.59. The quantitative estimate of drug-likeness (QED) is 0.784. The predicted molar refractivity (Wildman–Crippen MR) is 64.4 cm³/mol. The highest BCUT2D eigenvalue weighted by molar-refractivity contribution is 6.30. The van der Waals surface area contributed by atoms with Gasteiger partial charge in [0.15, 0.2) is 0 Å². The Hall–Kier alpha value is -0.860.